The normalized spacial score (nSPS) is 13.8. The molecular weight excluding hydrogens is 1370 g/mol. The van der Waals surface area contributed by atoms with Gasteiger partial charge >= 0.3 is 0 Å². The highest BCUT2D eigenvalue weighted by Crippen LogP contribution is 2.43. The number of unbranched alkanes of at least 4 members (excludes halogenated alkanes) is 54. The van der Waals surface area contributed by atoms with E-state index in [9.17, 15) is 0 Å². The van der Waals surface area contributed by atoms with Gasteiger partial charge in [0, 0.05) is 34.5 Å². The Morgan fingerprint density at radius 2 is 0.235 bits per heavy atom. The van der Waals surface area contributed by atoms with E-state index in [-0.39, 0.29) is 0 Å². The molecule has 0 fully saturated rings. The minimum Gasteiger partial charge on any atom is -0.254 e. The Morgan fingerprint density at radius 3 is 0.333 bits per heavy atom. The van der Waals surface area contributed by atoms with Crippen molar-refractivity contribution in [2.45, 2.75) is 456 Å². The molecule has 0 bridgehead atoms. The van der Waals surface area contributed by atoms with Crippen LogP contribution in [0.4, 0.5) is 0 Å². The number of benzene rings is 4. The number of hydrogen-bond acceptors (Lipinski definition) is 6. The lowest BCUT2D eigenvalue weighted by molar-refractivity contribution is 0.562. The minimum absolute atomic E-state index is 0.489. The van der Waals surface area contributed by atoms with Crippen LogP contribution in [0.1, 0.15) is 427 Å². The Hall–Kier alpha value is -1.44. The number of hydrogen-bond donors (Lipinski definition) is 0. The fraction of sp³-hybridized carbons (Fsp3) is 0.800. The van der Waals surface area contributed by atoms with E-state index >= 15 is 25.3 Å². The summed E-state index contributed by atoms with van der Waals surface area (Å²) in [6.45, 7) is 13.6. The predicted molar refractivity (Wildman–Crippen MR) is 458 cm³/mol. The van der Waals surface area contributed by atoms with E-state index in [1.54, 1.807) is 0 Å². The van der Waals surface area contributed by atoms with Gasteiger partial charge in [0.2, 0.25) is 0 Å². The second-order valence-corrected chi connectivity index (χ2v) is 40.2. The molecule has 6 unspecified atom stereocenters. The van der Waals surface area contributed by atoms with Gasteiger partial charge in [-0.25, -0.2) is 0 Å². The zero-order valence-electron chi connectivity index (χ0n) is 67.0. The maximum absolute atomic E-state index is 15.3. The van der Waals surface area contributed by atoms with E-state index in [0.717, 1.165) is 148 Å². The molecule has 12 heteroatoms. The summed E-state index contributed by atoms with van der Waals surface area (Å²) in [4.78, 5) is 3.78. The van der Waals surface area contributed by atoms with Gasteiger partial charge in [-0.2, -0.15) is 0 Å². The maximum Gasteiger partial charge on any atom is 0.0556 e. The molecule has 4 rings (SSSR count). The summed E-state index contributed by atoms with van der Waals surface area (Å²) in [7, 11) is -8.72. The van der Waals surface area contributed by atoms with Gasteiger partial charge in [-0.1, -0.05) is 388 Å². The summed E-state index contributed by atoms with van der Waals surface area (Å²) in [5.74, 6) is 2.93. The Kier molecular flexibility index (Phi) is 56.8. The highest BCUT2D eigenvalue weighted by Gasteiger charge is 2.26. The van der Waals surface area contributed by atoms with Crippen LogP contribution in [0.25, 0.3) is 32.3 Å². The van der Waals surface area contributed by atoms with Crippen molar-refractivity contribution in [2.75, 3.05) is 34.5 Å². The Bertz CT molecular complexity index is 2410. The van der Waals surface area contributed by atoms with Crippen molar-refractivity contribution in [3.05, 3.63) is 36.4 Å². The first-order chi connectivity index (χ1) is 50.1. The second-order valence-electron chi connectivity index (χ2n) is 30.9. The largest absolute Gasteiger partial charge is 0.254 e. The summed E-state index contributed by atoms with van der Waals surface area (Å²) in [6.07, 6.45) is 71.1. The summed E-state index contributed by atoms with van der Waals surface area (Å²) >= 11 is 0. The smallest absolute Gasteiger partial charge is 0.0556 e. The van der Waals surface area contributed by atoms with Crippen molar-refractivity contribution in [2.24, 2.45) is 0 Å². The molecule has 0 heterocycles. The highest BCUT2D eigenvalue weighted by molar-refractivity contribution is 7.89. The van der Waals surface area contributed by atoms with Gasteiger partial charge in [-0.05, 0) is 107 Å². The first kappa shape index (κ1) is 92.9. The van der Waals surface area contributed by atoms with Crippen LogP contribution < -0.4 is 0 Å². The topological polar surface area (TPSA) is 102 Å². The van der Waals surface area contributed by atoms with Crippen molar-refractivity contribution in [1.29, 1.82) is 0 Å². The molecule has 0 aliphatic rings. The quantitative estimate of drug-likeness (QED) is 0.0322. The fourth-order valence-electron chi connectivity index (χ4n) is 15.1. The SMILES string of the molecule is CCCCCCCCCCCCS(=O)c1cc2c3cc(S(=O)CCCCCCCCCCCC)c(S(=O)CCCCCCCCCCCC)cc3c3cc(S(=O)CCCCCCCCCCCC)c(S(=O)CCCCCCCCCCCC)cc3c2cc1S(=O)CCCCCCCCCCCC. The van der Waals surface area contributed by atoms with Crippen LogP contribution in [0.5, 0.6) is 0 Å². The van der Waals surface area contributed by atoms with E-state index < -0.39 is 64.8 Å². The van der Waals surface area contributed by atoms with Gasteiger partial charge in [0.25, 0.3) is 0 Å². The summed E-state index contributed by atoms with van der Waals surface area (Å²) in [6, 6.07) is 12.5. The van der Waals surface area contributed by atoms with Crippen LogP contribution in [0.15, 0.2) is 65.8 Å². The van der Waals surface area contributed by atoms with Crippen molar-refractivity contribution < 1.29 is 25.3 Å². The average Bonchev–Trinajstić information content (AvgIpc) is 0.719. The van der Waals surface area contributed by atoms with Crippen LogP contribution >= 0.6 is 0 Å². The second kappa shape index (κ2) is 62.3. The molecule has 0 spiro atoms. The monoisotopic (exact) mass is 1530 g/mol. The molecule has 0 radical (unpaired) electrons. The molecule has 6 nitrogen and oxygen atoms in total. The van der Waals surface area contributed by atoms with Crippen molar-refractivity contribution in [1.82, 2.24) is 0 Å². The Balaban J connectivity index is 1.95. The first-order valence-electron chi connectivity index (χ1n) is 43.9. The molecule has 0 N–H and O–H groups in total. The van der Waals surface area contributed by atoms with Gasteiger partial charge in [-0.15, -0.1) is 0 Å². The molecular formula is C90H156O6S6. The predicted octanol–water partition coefficient (Wildman–Crippen LogP) is 29.3. The van der Waals surface area contributed by atoms with Gasteiger partial charge in [-0.3, -0.25) is 25.3 Å². The number of rotatable bonds is 72. The number of fused-ring (bicyclic) bond motifs is 6. The van der Waals surface area contributed by atoms with E-state index in [0.29, 0.717) is 63.9 Å². The molecule has 0 aromatic heterocycles. The van der Waals surface area contributed by atoms with Crippen molar-refractivity contribution in [3.63, 3.8) is 0 Å². The molecule has 6 atom stereocenters. The molecule has 0 saturated carbocycles. The third kappa shape index (κ3) is 39.3. The third-order valence-electron chi connectivity index (χ3n) is 21.7. The third-order valence-corrected chi connectivity index (χ3v) is 31.0. The molecule has 0 amide bonds. The maximum atomic E-state index is 15.3. The lowest BCUT2D eigenvalue weighted by Crippen LogP contribution is -2.09. The molecule has 0 aliphatic heterocycles. The zero-order valence-corrected chi connectivity index (χ0v) is 71.9. The van der Waals surface area contributed by atoms with Crippen LogP contribution in [0.3, 0.4) is 0 Å². The van der Waals surface area contributed by atoms with Crippen LogP contribution in [0.2, 0.25) is 0 Å². The molecule has 102 heavy (non-hydrogen) atoms. The van der Waals surface area contributed by atoms with Crippen LogP contribution in [-0.4, -0.2) is 59.8 Å². The van der Waals surface area contributed by atoms with Crippen molar-refractivity contribution >= 4 is 97.1 Å². The molecule has 0 saturated heterocycles. The lowest BCUT2D eigenvalue weighted by Gasteiger charge is -2.20. The first-order valence-corrected chi connectivity index (χ1v) is 51.8. The highest BCUT2D eigenvalue weighted by atomic mass is 32.2. The summed E-state index contributed by atoms with van der Waals surface area (Å²) < 4.78 is 92.0. The van der Waals surface area contributed by atoms with E-state index in [1.807, 2.05) is 0 Å². The van der Waals surface area contributed by atoms with Gasteiger partial charge in [0.1, 0.15) is 0 Å². The fourth-order valence-corrected chi connectivity index (χ4v) is 24.1. The molecule has 588 valence electrons. The van der Waals surface area contributed by atoms with E-state index in [4.69, 9.17) is 0 Å². The summed E-state index contributed by atoms with van der Waals surface area (Å²) in [5, 5.41) is 5.07. The Labute approximate surface area is 644 Å². The molecule has 4 aromatic rings. The van der Waals surface area contributed by atoms with E-state index in [2.05, 4.69) is 77.9 Å². The average molecular weight is 1530 g/mol. The Morgan fingerprint density at radius 1 is 0.147 bits per heavy atom. The van der Waals surface area contributed by atoms with Crippen LogP contribution in [-0.2, 0) is 64.8 Å². The standard InChI is InChI=1S/C90H156O6S6/c1-7-13-19-25-31-37-43-49-55-61-67-97(91)85-73-79-80(74-86(85)98(92)68-62-56-50-44-38-32-26-20-14-8-2)82-76-88(100(94)70-64-58-52-46-40-34-28-22-16-10-4)90(102(96)72-66-60-54-48-42-36-30-24-18-12-6)78-84(82)83-77-89(101(95)71-65-59-53-47-41-35-29-23-17-11-5)87(75-81(79)83)99(93)69-63-57-51-45-39-33-27-21-15-9-3/h73-78H,7-72H2,1-6H3. The minimum atomic E-state index is -1.45. The van der Waals surface area contributed by atoms with Gasteiger partial charge in [0.15, 0.2) is 0 Å². The summed E-state index contributed by atoms with van der Waals surface area (Å²) in [5.41, 5.74) is 0. The van der Waals surface area contributed by atoms with Gasteiger partial charge < -0.3 is 0 Å². The van der Waals surface area contributed by atoms with E-state index in [1.165, 1.54) is 270 Å². The zero-order chi connectivity index (χ0) is 73.3. The molecule has 0 aliphatic carbocycles. The molecule has 4 aromatic carbocycles. The van der Waals surface area contributed by atoms with Gasteiger partial charge in [0.05, 0.1) is 94.2 Å². The van der Waals surface area contributed by atoms with Crippen molar-refractivity contribution in [3.8, 4) is 0 Å². The lowest BCUT2D eigenvalue weighted by atomic mass is 9.94. The van der Waals surface area contributed by atoms with Crippen LogP contribution in [0, 0.1) is 0 Å².